The first kappa shape index (κ1) is 27.9. The fourth-order valence-corrected chi connectivity index (χ4v) is 7.80. The smallest absolute Gasteiger partial charge is 0.319 e. The summed E-state index contributed by atoms with van der Waals surface area (Å²) in [5.74, 6) is -0.468. The number of thiazole rings is 1. The number of ether oxygens (including phenoxy) is 1. The lowest BCUT2D eigenvalue weighted by molar-refractivity contribution is 0.146. The highest BCUT2D eigenvalue weighted by atomic mass is 35.5. The van der Waals surface area contributed by atoms with Gasteiger partial charge in [0.05, 0.1) is 21.8 Å². The summed E-state index contributed by atoms with van der Waals surface area (Å²) in [5, 5.41) is 4.53. The third-order valence-corrected chi connectivity index (χ3v) is 10.1. The van der Waals surface area contributed by atoms with Gasteiger partial charge in [0.25, 0.3) is 0 Å². The number of nitrogens with two attached hydrogens (primary N) is 1. The number of likely N-dealkylation sites (tertiary alicyclic amines) is 1. The molecule has 0 radical (unpaired) electrons. The molecule has 3 saturated heterocycles. The van der Waals surface area contributed by atoms with Crippen LogP contribution >= 0.6 is 22.9 Å². The molecular formula is C30H34ClF2N7OS. The number of fused-ring (bicyclic) bond motifs is 4. The first-order chi connectivity index (χ1) is 20.4. The molecular weight excluding hydrogens is 580 g/mol. The zero-order chi connectivity index (χ0) is 29.0. The molecule has 42 heavy (non-hydrogen) atoms. The van der Waals surface area contributed by atoms with Gasteiger partial charge in [-0.2, -0.15) is 9.97 Å². The maximum absolute atomic E-state index is 16.6. The van der Waals surface area contributed by atoms with Gasteiger partial charge in [0.15, 0.2) is 10.9 Å². The van der Waals surface area contributed by atoms with E-state index < -0.39 is 11.6 Å². The number of hydrogen-bond donors (Lipinski definition) is 2. The van der Waals surface area contributed by atoms with Gasteiger partial charge in [0, 0.05) is 47.7 Å². The second-order valence-corrected chi connectivity index (χ2v) is 13.2. The van der Waals surface area contributed by atoms with Crippen LogP contribution in [-0.4, -0.2) is 70.8 Å². The summed E-state index contributed by atoms with van der Waals surface area (Å²) < 4.78 is 37.6. The summed E-state index contributed by atoms with van der Waals surface area (Å²) in [6.45, 7) is 6.38. The lowest BCUT2D eigenvalue weighted by Gasteiger charge is -2.34. The first-order valence-electron chi connectivity index (χ1n) is 14.8. The lowest BCUT2D eigenvalue weighted by atomic mass is 10.0. The number of hydrogen-bond acceptors (Lipinski definition) is 9. The number of nitrogens with zero attached hydrogens (tertiary/aromatic N) is 5. The molecule has 3 N–H and O–H groups in total. The number of halogens is 3. The van der Waals surface area contributed by atoms with E-state index in [1.807, 2.05) is 0 Å². The minimum atomic E-state index is -0.620. The van der Waals surface area contributed by atoms with Crippen molar-refractivity contribution in [2.45, 2.75) is 63.6 Å². The summed E-state index contributed by atoms with van der Waals surface area (Å²) in [6, 6.07) is 5.71. The van der Waals surface area contributed by atoms with Crippen LogP contribution < -0.4 is 20.7 Å². The number of benzene rings is 2. The monoisotopic (exact) mass is 613 g/mol. The number of anilines is 2. The average molecular weight is 614 g/mol. The van der Waals surface area contributed by atoms with Crippen LogP contribution in [-0.2, 0) is 0 Å². The molecule has 8 nitrogen and oxygen atoms in total. The van der Waals surface area contributed by atoms with Gasteiger partial charge >= 0.3 is 6.01 Å². The second kappa shape index (κ2) is 11.3. The third kappa shape index (κ3) is 5.14. The highest BCUT2D eigenvalue weighted by Crippen LogP contribution is 2.43. The largest absolute Gasteiger partial charge is 0.463 e. The minimum Gasteiger partial charge on any atom is -0.463 e. The number of nitrogen functional groups attached to an aromatic ring is 1. The van der Waals surface area contributed by atoms with E-state index in [0.29, 0.717) is 41.5 Å². The second-order valence-electron chi connectivity index (χ2n) is 11.7. The molecule has 3 unspecified atom stereocenters. The van der Waals surface area contributed by atoms with Gasteiger partial charge < -0.3 is 25.6 Å². The van der Waals surface area contributed by atoms with Crippen molar-refractivity contribution in [2.24, 2.45) is 0 Å². The van der Waals surface area contributed by atoms with Crippen molar-refractivity contribution in [1.82, 2.24) is 25.2 Å². The Kier molecular flexibility index (Phi) is 7.54. The Morgan fingerprint density at radius 3 is 2.62 bits per heavy atom. The molecule has 3 fully saturated rings. The SMILES string of the molecule is CC(CCOc1nc(N2CC3CCC(C2)N3)c2cc(Cl)c(-c3ccc(F)c4sc(N)nc34)c(F)c2n1)N1CCCCC1. The fourth-order valence-electron chi connectivity index (χ4n) is 6.74. The molecule has 3 aliphatic heterocycles. The Morgan fingerprint density at radius 1 is 1.10 bits per heavy atom. The molecule has 5 heterocycles. The van der Waals surface area contributed by atoms with E-state index in [-0.39, 0.29) is 37.5 Å². The quantitative estimate of drug-likeness (QED) is 0.262. The third-order valence-electron chi connectivity index (χ3n) is 8.92. The Labute approximate surface area is 252 Å². The fraction of sp³-hybridized carbons (Fsp3) is 0.500. The van der Waals surface area contributed by atoms with Crippen LogP contribution in [0.5, 0.6) is 6.01 Å². The van der Waals surface area contributed by atoms with Crippen molar-refractivity contribution in [2.75, 3.05) is 43.4 Å². The standard InChI is InChI=1S/C30H34ClF2N7OS/c1-16(39-10-3-2-4-11-39)9-12-41-30-37-25-20(28(38-30)40-14-17-5-6-18(15-40)35-17)13-21(31)23(24(25)33)19-7-8-22(32)27-26(19)36-29(34)42-27/h7-8,13,16-18,35H,2-6,9-12,14-15H2,1H3,(H2,34,36). The average Bonchev–Trinajstić information content (AvgIpc) is 3.55. The Bertz CT molecular complexity index is 1630. The van der Waals surface area contributed by atoms with Crippen molar-refractivity contribution in [1.29, 1.82) is 0 Å². The summed E-state index contributed by atoms with van der Waals surface area (Å²) in [6.07, 6.45) is 6.76. The molecule has 0 saturated carbocycles. The Balaban J connectivity index is 1.29. The summed E-state index contributed by atoms with van der Waals surface area (Å²) in [4.78, 5) is 18.4. The predicted octanol–water partition coefficient (Wildman–Crippen LogP) is 6.00. The topological polar surface area (TPSA) is 92.4 Å². The number of rotatable bonds is 7. The van der Waals surface area contributed by atoms with Crippen molar-refractivity contribution < 1.29 is 13.5 Å². The zero-order valence-corrected chi connectivity index (χ0v) is 25.1. The van der Waals surface area contributed by atoms with Crippen molar-refractivity contribution >= 4 is 55.0 Å². The van der Waals surface area contributed by atoms with E-state index in [0.717, 1.165) is 56.8 Å². The van der Waals surface area contributed by atoms with E-state index in [1.54, 1.807) is 6.07 Å². The molecule has 3 atom stereocenters. The normalized spacial score (nSPS) is 21.9. The van der Waals surface area contributed by atoms with Gasteiger partial charge in [-0.25, -0.2) is 13.8 Å². The molecule has 0 amide bonds. The van der Waals surface area contributed by atoms with Crippen LogP contribution in [0.1, 0.15) is 45.4 Å². The molecule has 7 rings (SSSR count). The molecule has 4 aromatic rings. The maximum Gasteiger partial charge on any atom is 0.319 e. The van der Waals surface area contributed by atoms with Gasteiger partial charge in [-0.15, -0.1) is 0 Å². The van der Waals surface area contributed by atoms with Crippen molar-refractivity contribution in [3.63, 3.8) is 0 Å². The van der Waals surface area contributed by atoms with E-state index >= 15 is 4.39 Å². The van der Waals surface area contributed by atoms with E-state index in [2.05, 4.69) is 32.0 Å². The molecule has 2 aromatic carbocycles. The van der Waals surface area contributed by atoms with Gasteiger partial charge in [0.1, 0.15) is 17.2 Å². The summed E-state index contributed by atoms with van der Waals surface area (Å²) in [5.41, 5.74) is 6.76. The van der Waals surface area contributed by atoms with E-state index in [4.69, 9.17) is 27.1 Å². The predicted molar refractivity (Wildman–Crippen MR) is 165 cm³/mol. The molecule has 12 heteroatoms. The number of piperidine rings is 1. The van der Waals surface area contributed by atoms with E-state index in [1.165, 1.54) is 31.4 Å². The van der Waals surface area contributed by atoms with E-state index in [9.17, 15) is 4.39 Å². The van der Waals surface area contributed by atoms with Gasteiger partial charge in [-0.3, -0.25) is 0 Å². The lowest BCUT2D eigenvalue weighted by Crippen LogP contribution is -2.51. The summed E-state index contributed by atoms with van der Waals surface area (Å²) >= 11 is 7.81. The number of piperazine rings is 1. The number of aromatic nitrogens is 3. The van der Waals surface area contributed by atoms with Gasteiger partial charge in [0.2, 0.25) is 0 Å². The first-order valence-corrected chi connectivity index (χ1v) is 16.0. The van der Waals surface area contributed by atoms with Crippen LogP contribution in [0.4, 0.5) is 19.7 Å². The molecule has 0 spiro atoms. The van der Waals surface area contributed by atoms with Gasteiger partial charge in [-0.05, 0) is 70.3 Å². The molecule has 3 aliphatic rings. The highest BCUT2D eigenvalue weighted by Gasteiger charge is 2.34. The van der Waals surface area contributed by atoms with Crippen LogP contribution in [0, 0.1) is 11.6 Å². The molecule has 2 bridgehead atoms. The van der Waals surface area contributed by atoms with Crippen LogP contribution in [0.25, 0.3) is 32.2 Å². The molecule has 222 valence electrons. The minimum absolute atomic E-state index is 0.106. The Hall–Kier alpha value is -2.86. The van der Waals surface area contributed by atoms with Crippen LogP contribution in [0.3, 0.4) is 0 Å². The highest BCUT2D eigenvalue weighted by molar-refractivity contribution is 7.22. The van der Waals surface area contributed by atoms with Crippen LogP contribution in [0.2, 0.25) is 5.02 Å². The number of nitrogens with one attached hydrogen (secondary N) is 1. The van der Waals surface area contributed by atoms with Gasteiger partial charge in [-0.1, -0.05) is 29.4 Å². The maximum atomic E-state index is 16.6. The van der Waals surface area contributed by atoms with Crippen molar-refractivity contribution in [3.05, 3.63) is 34.9 Å². The van der Waals surface area contributed by atoms with Crippen molar-refractivity contribution in [3.8, 4) is 17.1 Å². The Morgan fingerprint density at radius 2 is 1.86 bits per heavy atom. The molecule has 0 aliphatic carbocycles. The molecule has 2 aromatic heterocycles. The zero-order valence-electron chi connectivity index (χ0n) is 23.5. The summed E-state index contributed by atoms with van der Waals surface area (Å²) in [7, 11) is 0. The van der Waals surface area contributed by atoms with Crippen LogP contribution in [0.15, 0.2) is 18.2 Å².